The van der Waals surface area contributed by atoms with E-state index in [0.717, 1.165) is 22.2 Å². The van der Waals surface area contributed by atoms with Crippen molar-refractivity contribution in [2.24, 2.45) is 7.05 Å². The summed E-state index contributed by atoms with van der Waals surface area (Å²) in [5, 5.41) is 15.9. The summed E-state index contributed by atoms with van der Waals surface area (Å²) in [6.07, 6.45) is 0. The highest BCUT2D eigenvalue weighted by atomic mass is 32.2. The number of aryl methyl sites for hydroxylation is 4. The van der Waals surface area contributed by atoms with E-state index in [1.807, 2.05) is 19.9 Å². The van der Waals surface area contributed by atoms with Crippen molar-refractivity contribution in [2.45, 2.75) is 31.7 Å². The van der Waals surface area contributed by atoms with Crippen LogP contribution in [0.15, 0.2) is 28.2 Å². The molecule has 0 bridgehead atoms. The Morgan fingerprint density at radius 1 is 1.10 bits per heavy atom. The van der Waals surface area contributed by atoms with Crippen molar-refractivity contribution in [1.82, 2.24) is 40.1 Å². The molecule has 29 heavy (non-hydrogen) atoms. The quantitative estimate of drug-likeness (QED) is 0.477. The lowest BCUT2D eigenvalue weighted by atomic mass is 10.1. The average molecular weight is 409 g/mol. The minimum Gasteiger partial charge on any atom is -0.294 e. The highest BCUT2D eigenvalue weighted by molar-refractivity contribution is 7.98. The second kappa shape index (κ2) is 7.59. The normalized spacial score (nSPS) is 11.2. The third-order valence-electron chi connectivity index (χ3n) is 4.46. The zero-order chi connectivity index (χ0) is 20.5. The maximum absolute atomic E-state index is 12.1. The molecule has 3 heterocycles. The Balaban J connectivity index is 1.60. The van der Waals surface area contributed by atoms with Crippen molar-refractivity contribution in [3.8, 4) is 0 Å². The van der Waals surface area contributed by atoms with Gasteiger partial charge in [-0.25, -0.2) is 19.6 Å². The third-order valence-corrected chi connectivity index (χ3v) is 5.50. The second-order valence-electron chi connectivity index (χ2n) is 6.67. The Morgan fingerprint density at radius 3 is 2.66 bits per heavy atom. The van der Waals surface area contributed by atoms with Crippen LogP contribution in [-0.4, -0.2) is 40.1 Å². The molecular weight excluding hydrogens is 390 g/mol. The number of rotatable bonds is 5. The van der Waals surface area contributed by atoms with Crippen molar-refractivity contribution in [3.05, 3.63) is 51.1 Å². The van der Waals surface area contributed by atoms with Gasteiger partial charge in [-0.2, -0.15) is 0 Å². The number of benzene rings is 1. The number of nitrogens with zero attached hydrogens (tertiary/aromatic N) is 7. The van der Waals surface area contributed by atoms with Gasteiger partial charge in [-0.1, -0.05) is 11.8 Å². The van der Waals surface area contributed by atoms with Crippen LogP contribution in [0.2, 0.25) is 0 Å². The number of tetrazole rings is 1. The first-order valence-electron chi connectivity index (χ1n) is 8.87. The standard InChI is InChI=1S/C18H19N9OS/c1-9-5-13-11(3)19-16(21-14(13)6-10(9)2)23-17-20-12(7-15(28)22-17)8-29-18-24-25-26-27(18)4/h5-7H,8H2,1-4H3,(H2,19,20,21,22,23,28). The summed E-state index contributed by atoms with van der Waals surface area (Å²) < 4.78 is 1.56. The molecule has 1 aromatic carbocycles. The number of hydrogen-bond acceptors (Lipinski definition) is 9. The van der Waals surface area contributed by atoms with E-state index in [4.69, 9.17) is 0 Å². The molecule has 0 radical (unpaired) electrons. The number of fused-ring (bicyclic) bond motifs is 1. The summed E-state index contributed by atoms with van der Waals surface area (Å²) in [4.78, 5) is 28.3. The van der Waals surface area contributed by atoms with Gasteiger partial charge in [-0.3, -0.25) is 15.1 Å². The predicted molar refractivity (Wildman–Crippen MR) is 110 cm³/mol. The molecule has 11 heteroatoms. The van der Waals surface area contributed by atoms with Gasteiger partial charge in [0.15, 0.2) is 0 Å². The van der Waals surface area contributed by atoms with Gasteiger partial charge in [0, 0.05) is 24.3 Å². The Labute approximate surface area is 170 Å². The molecule has 0 fully saturated rings. The van der Waals surface area contributed by atoms with Crippen LogP contribution in [-0.2, 0) is 12.8 Å². The molecule has 0 saturated heterocycles. The van der Waals surface area contributed by atoms with Crippen LogP contribution in [0.4, 0.5) is 11.9 Å². The summed E-state index contributed by atoms with van der Waals surface area (Å²) in [7, 11) is 1.75. The molecule has 2 N–H and O–H groups in total. The number of aromatic nitrogens is 8. The first-order valence-corrected chi connectivity index (χ1v) is 9.85. The van der Waals surface area contributed by atoms with E-state index in [-0.39, 0.29) is 11.5 Å². The first-order chi connectivity index (χ1) is 13.9. The number of nitrogens with one attached hydrogen (secondary N) is 2. The summed E-state index contributed by atoms with van der Waals surface area (Å²) in [5.74, 6) is 1.11. The minimum atomic E-state index is -0.266. The molecule has 0 atom stereocenters. The van der Waals surface area contributed by atoms with Crippen LogP contribution in [0, 0.1) is 20.8 Å². The Kier molecular flexibility index (Phi) is 4.97. The van der Waals surface area contributed by atoms with E-state index in [9.17, 15) is 4.79 Å². The van der Waals surface area contributed by atoms with Crippen LogP contribution in [0.1, 0.15) is 22.5 Å². The SMILES string of the molecule is Cc1cc2nc(Nc3nc(CSc4nnnn4C)cc(=O)[nH]3)nc(C)c2cc1C. The van der Waals surface area contributed by atoms with Crippen LogP contribution in [0.25, 0.3) is 10.9 Å². The maximum atomic E-state index is 12.1. The Bertz CT molecular complexity index is 1260. The van der Waals surface area contributed by atoms with Crippen LogP contribution >= 0.6 is 11.8 Å². The molecule has 0 spiro atoms. The van der Waals surface area contributed by atoms with Gasteiger partial charge in [-0.05, 0) is 54.5 Å². The highest BCUT2D eigenvalue weighted by Gasteiger charge is 2.10. The van der Waals surface area contributed by atoms with Crippen molar-refractivity contribution < 1.29 is 0 Å². The highest BCUT2D eigenvalue weighted by Crippen LogP contribution is 2.22. The van der Waals surface area contributed by atoms with Crippen LogP contribution < -0.4 is 10.9 Å². The lowest BCUT2D eigenvalue weighted by Gasteiger charge is -2.10. The van der Waals surface area contributed by atoms with Gasteiger partial charge in [0.1, 0.15) is 0 Å². The fraction of sp³-hybridized carbons (Fsp3) is 0.278. The monoisotopic (exact) mass is 409 g/mol. The topological polar surface area (TPSA) is 127 Å². The van der Waals surface area contributed by atoms with E-state index < -0.39 is 0 Å². The van der Waals surface area contributed by atoms with E-state index in [1.165, 1.54) is 23.4 Å². The molecule has 0 unspecified atom stereocenters. The first kappa shape index (κ1) is 19.0. The average Bonchev–Trinajstić information content (AvgIpc) is 3.06. The fourth-order valence-electron chi connectivity index (χ4n) is 2.83. The van der Waals surface area contributed by atoms with Crippen molar-refractivity contribution in [3.63, 3.8) is 0 Å². The van der Waals surface area contributed by atoms with Gasteiger partial charge in [-0.15, -0.1) is 5.10 Å². The third kappa shape index (κ3) is 4.09. The maximum Gasteiger partial charge on any atom is 0.252 e. The molecule has 0 aliphatic heterocycles. The van der Waals surface area contributed by atoms with Gasteiger partial charge >= 0.3 is 0 Å². The molecule has 0 amide bonds. The smallest absolute Gasteiger partial charge is 0.252 e. The Hall–Kier alpha value is -3.34. The summed E-state index contributed by atoms with van der Waals surface area (Å²) >= 11 is 1.39. The molecule has 0 aliphatic carbocycles. The van der Waals surface area contributed by atoms with E-state index in [0.29, 0.717) is 22.6 Å². The van der Waals surface area contributed by atoms with Gasteiger partial charge in [0.25, 0.3) is 5.56 Å². The van der Waals surface area contributed by atoms with Crippen molar-refractivity contribution in [2.75, 3.05) is 5.32 Å². The molecule has 4 aromatic rings. The van der Waals surface area contributed by atoms with Gasteiger partial charge in [0.05, 0.1) is 16.9 Å². The number of H-pyrrole nitrogens is 1. The molecule has 0 saturated carbocycles. The summed E-state index contributed by atoms with van der Waals surface area (Å²) in [6.45, 7) is 6.05. The summed E-state index contributed by atoms with van der Waals surface area (Å²) in [5.41, 5.74) is 4.37. The number of aromatic amines is 1. The number of hydrogen-bond donors (Lipinski definition) is 2. The fourth-order valence-corrected chi connectivity index (χ4v) is 3.57. The zero-order valence-electron chi connectivity index (χ0n) is 16.4. The lowest BCUT2D eigenvalue weighted by molar-refractivity contribution is 0.664. The van der Waals surface area contributed by atoms with Crippen molar-refractivity contribution in [1.29, 1.82) is 0 Å². The Morgan fingerprint density at radius 2 is 1.90 bits per heavy atom. The van der Waals surface area contributed by atoms with E-state index in [1.54, 1.807) is 11.7 Å². The molecule has 148 valence electrons. The predicted octanol–water partition coefficient (Wildman–Crippen LogP) is 2.20. The van der Waals surface area contributed by atoms with E-state index in [2.05, 4.69) is 53.8 Å². The minimum absolute atomic E-state index is 0.266. The van der Waals surface area contributed by atoms with Crippen LogP contribution in [0.3, 0.4) is 0 Å². The van der Waals surface area contributed by atoms with Gasteiger partial charge < -0.3 is 0 Å². The van der Waals surface area contributed by atoms with E-state index >= 15 is 0 Å². The summed E-state index contributed by atoms with van der Waals surface area (Å²) in [6, 6.07) is 5.56. The number of anilines is 2. The number of thioether (sulfide) groups is 1. The molecule has 10 nitrogen and oxygen atoms in total. The molecular formula is C18H19N9OS. The lowest BCUT2D eigenvalue weighted by Crippen LogP contribution is -2.13. The van der Waals surface area contributed by atoms with Crippen LogP contribution in [0.5, 0.6) is 0 Å². The molecule has 0 aliphatic rings. The second-order valence-corrected chi connectivity index (χ2v) is 7.61. The van der Waals surface area contributed by atoms with Gasteiger partial charge in [0.2, 0.25) is 17.1 Å². The molecule has 4 rings (SSSR count). The van der Waals surface area contributed by atoms with Crippen molar-refractivity contribution >= 4 is 34.6 Å². The molecule has 3 aromatic heterocycles. The largest absolute Gasteiger partial charge is 0.294 e. The zero-order valence-corrected chi connectivity index (χ0v) is 17.2.